The van der Waals surface area contributed by atoms with Crippen molar-refractivity contribution in [1.82, 2.24) is 10.2 Å². The molecule has 0 saturated carbocycles. The number of methoxy groups -OCH3 is 1. The smallest absolute Gasteiger partial charge is 0.119 e. The van der Waals surface area contributed by atoms with Gasteiger partial charge in [-0.3, -0.25) is 0 Å². The number of nitrogens with zero attached hydrogens (tertiary/aromatic N) is 1. The molecule has 0 bridgehead atoms. The number of rotatable bonds is 6. The first-order chi connectivity index (χ1) is 11.7. The second-order valence-electron chi connectivity index (χ2n) is 6.42. The summed E-state index contributed by atoms with van der Waals surface area (Å²) in [6.07, 6.45) is 1.04. The molecule has 0 saturated heterocycles. The summed E-state index contributed by atoms with van der Waals surface area (Å²) < 4.78 is 11.1. The number of fused-ring (bicyclic) bond motifs is 1. The van der Waals surface area contributed by atoms with E-state index in [0.717, 1.165) is 31.0 Å². The predicted octanol–water partition coefficient (Wildman–Crippen LogP) is 2.87. The lowest BCUT2D eigenvalue weighted by atomic mass is 9.90. The Hall–Kier alpha value is -2.04. The number of hydrogen-bond donors (Lipinski definition) is 1. The number of likely N-dealkylation sites (N-methyl/N-ethyl adjacent to an activating group) is 1. The van der Waals surface area contributed by atoms with Crippen LogP contribution in [0.3, 0.4) is 0 Å². The largest absolute Gasteiger partial charge is 0.497 e. The van der Waals surface area contributed by atoms with Crippen molar-refractivity contribution in [3.63, 3.8) is 0 Å². The van der Waals surface area contributed by atoms with Crippen LogP contribution in [0.4, 0.5) is 0 Å². The van der Waals surface area contributed by atoms with Gasteiger partial charge in [0.05, 0.1) is 13.2 Å². The highest BCUT2D eigenvalue weighted by molar-refractivity contribution is 5.44. The van der Waals surface area contributed by atoms with Gasteiger partial charge >= 0.3 is 0 Å². The van der Waals surface area contributed by atoms with Crippen LogP contribution in [0, 0.1) is 0 Å². The van der Waals surface area contributed by atoms with Crippen LogP contribution in [0.15, 0.2) is 42.5 Å². The van der Waals surface area contributed by atoms with E-state index in [1.807, 2.05) is 20.2 Å². The molecule has 4 heteroatoms. The Balaban J connectivity index is 1.73. The minimum atomic E-state index is 0.232. The van der Waals surface area contributed by atoms with Crippen molar-refractivity contribution in [2.45, 2.75) is 12.5 Å². The molecule has 0 fully saturated rings. The highest BCUT2D eigenvalue weighted by Gasteiger charge is 2.21. The van der Waals surface area contributed by atoms with E-state index in [4.69, 9.17) is 9.47 Å². The Morgan fingerprint density at radius 3 is 2.54 bits per heavy atom. The maximum atomic E-state index is 5.78. The van der Waals surface area contributed by atoms with Crippen molar-refractivity contribution in [2.75, 3.05) is 40.9 Å². The second kappa shape index (κ2) is 7.69. The number of ether oxygens (including phenoxy) is 2. The van der Waals surface area contributed by atoms with Gasteiger partial charge in [-0.25, -0.2) is 0 Å². The van der Waals surface area contributed by atoms with E-state index in [0.29, 0.717) is 6.61 Å². The molecular formula is C20H26N2O2. The maximum Gasteiger partial charge on any atom is 0.119 e. The molecule has 2 aromatic carbocycles. The molecule has 4 nitrogen and oxygen atoms in total. The van der Waals surface area contributed by atoms with Crippen LogP contribution >= 0.6 is 0 Å². The summed E-state index contributed by atoms with van der Waals surface area (Å²) in [7, 11) is 5.82. The summed E-state index contributed by atoms with van der Waals surface area (Å²) in [4.78, 5) is 2.12. The van der Waals surface area contributed by atoms with Crippen molar-refractivity contribution in [2.24, 2.45) is 0 Å². The van der Waals surface area contributed by atoms with E-state index in [2.05, 4.69) is 46.6 Å². The average molecular weight is 326 g/mol. The summed E-state index contributed by atoms with van der Waals surface area (Å²) in [5.41, 5.74) is 3.97. The van der Waals surface area contributed by atoms with Gasteiger partial charge < -0.3 is 19.7 Å². The fourth-order valence-electron chi connectivity index (χ4n) is 3.07. The lowest BCUT2D eigenvalue weighted by molar-refractivity contribution is 0.261. The highest BCUT2D eigenvalue weighted by atomic mass is 16.5. The zero-order chi connectivity index (χ0) is 16.9. The van der Waals surface area contributed by atoms with E-state index in [1.54, 1.807) is 7.11 Å². The third kappa shape index (κ3) is 3.89. The lowest BCUT2D eigenvalue weighted by Crippen LogP contribution is -2.30. The summed E-state index contributed by atoms with van der Waals surface area (Å²) in [6, 6.07) is 15.0. The molecule has 1 heterocycles. The first kappa shape index (κ1) is 16.8. The Bertz CT molecular complexity index is 668. The van der Waals surface area contributed by atoms with Crippen LogP contribution in [0.5, 0.6) is 11.5 Å². The average Bonchev–Trinajstić information content (AvgIpc) is 2.61. The Morgan fingerprint density at radius 2 is 1.83 bits per heavy atom. The van der Waals surface area contributed by atoms with Crippen LogP contribution in [0.25, 0.3) is 0 Å². The first-order valence-corrected chi connectivity index (χ1v) is 8.45. The molecular weight excluding hydrogens is 300 g/mol. The predicted molar refractivity (Wildman–Crippen MR) is 97.0 cm³/mol. The Kier molecular flexibility index (Phi) is 5.38. The third-order valence-electron chi connectivity index (χ3n) is 4.42. The van der Waals surface area contributed by atoms with Crippen molar-refractivity contribution in [1.29, 1.82) is 0 Å². The SMILES string of the molecule is COc1ccc2c(c1)CCNC2c1ccc(OCCN(C)C)cc1. The minimum absolute atomic E-state index is 0.232. The molecule has 0 aromatic heterocycles. The molecule has 1 atom stereocenters. The fraction of sp³-hybridized carbons (Fsp3) is 0.400. The molecule has 1 aliphatic heterocycles. The minimum Gasteiger partial charge on any atom is -0.497 e. The van der Waals surface area contributed by atoms with Gasteiger partial charge in [0.15, 0.2) is 0 Å². The molecule has 128 valence electrons. The van der Waals surface area contributed by atoms with Crippen LogP contribution in [-0.2, 0) is 6.42 Å². The molecule has 2 aromatic rings. The Labute approximate surface area is 144 Å². The quantitative estimate of drug-likeness (QED) is 0.885. The molecule has 0 aliphatic carbocycles. The standard InChI is InChI=1S/C20H26N2O2/c1-22(2)12-13-24-17-6-4-15(5-7-17)20-19-9-8-18(23-3)14-16(19)10-11-21-20/h4-9,14,20-21H,10-13H2,1-3H3. The Morgan fingerprint density at radius 1 is 1.08 bits per heavy atom. The zero-order valence-corrected chi connectivity index (χ0v) is 14.7. The van der Waals surface area contributed by atoms with E-state index in [9.17, 15) is 0 Å². The third-order valence-corrected chi connectivity index (χ3v) is 4.42. The number of benzene rings is 2. The highest BCUT2D eigenvalue weighted by Crippen LogP contribution is 2.31. The van der Waals surface area contributed by atoms with Gasteiger partial charge in [-0.1, -0.05) is 18.2 Å². The topological polar surface area (TPSA) is 33.7 Å². The van der Waals surface area contributed by atoms with Crippen LogP contribution in [0.1, 0.15) is 22.7 Å². The molecule has 24 heavy (non-hydrogen) atoms. The molecule has 3 rings (SSSR count). The van der Waals surface area contributed by atoms with Gasteiger partial charge in [0.25, 0.3) is 0 Å². The number of hydrogen-bond acceptors (Lipinski definition) is 4. The van der Waals surface area contributed by atoms with Gasteiger partial charge in [-0.15, -0.1) is 0 Å². The van der Waals surface area contributed by atoms with Gasteiger partial charge in [0.2, 0.25) is 0 Å². The van der Waals surface area contributed by atoms with Gasteiger partial charge in [0, 0.05) is 13.1 Å². The van der Waals surface area contributed by atoms with Gasteiger partial charge in [0.1, 0.15) is 18.1 Å². The molecule has 1 aliphatic rings. The molecule has 1 unspecified atom stereocenters. The molecule has 1 N–H and O–H groups in total. The summed E-state index contributed by atoms with van der Waals surface area (Å²) in [6.45, 7) is 2.60. The maximum absolute atomic E-state index is 5.78. The van der Waals surface area contributed by atoms with E-state index >= 15 is 0 Å². The normalized spacial score (nSPS) is 16.8. The van der Waals surface area contributed by atoms with Gasteiger partial charge in [-0.05, 0) is 61.5 Å². The van der Waals surface area contributed by atoms with Crippen molar-refractivity contribution < 1.29 is 9.47 Å². The fourth-order valence-corrected chi connectivity index (χ4v) is 3.07. The van der Waals surface area contributed by atoms with Crippen molar-refractivity contribution in [3.05, 3.63) is 59.2 Å². The van der Waals surface area contributed by atoms with Crippen molar-refractivity contribution in [3.8, 4) is 11.5 Å². The molecule has 0 spiro atoms. The molecule has 0 amide bonds. The summed E-state index contributed by atoms with van der Waals surface area (Å²) in [5, 5.41) is 3.62. The number of nitrogens with one attached hydrogen (secondary N) is 1. The monoisotopic (exact) mass is 326 g/mol. The van der Waals surface area contributed by atoms with Crippen LogP contribution in [-0.4, -0.2) is 45.8 Å². The van der Waals surface area contributed by atoms with Crippen LogP contribution in [0.2, 0.25) is 0 Å². The summed E-state index contributed by atoms with van der Waals surface area (Å²) >= 11 is 0. The lowest BCUT2D eigenvalue weighted by Gasteiger charge is -2.28. The second-order valence-corrected chi connectivity index (χ2v) is 6.42. The van der Waals surface area contributed by atoms with Crippen LogP contribution < -0.4 is 14.8 Å². The van der Waals surface area contributed by atoms with Gasteiger partial charge in [-0.2, -0.15) is 0 Å². The van der Waals surface area contributed by atoms with Crippen molar-refractivity contribution >= 4 is 0 Å². The van der Waals surface area contributed by atoms with E-state index < -0.39 is 0 Å². The van der Waals surface area contributed by atoms with E-state index in [-0.39, 0.29) is 6.04 Å². The zero-order valence-electron chi connectivity index (χ0n) is 14.7. The first-order valence-electron chi connectivity index (χ1n) is 8.45. The summed E-state index contributed by atoms with van der Waals surface area (Å²) in [5.74, 6) is 1.85. The molecule has 0 radical (unpaired) electrons. The van der Waals surface area contributed by atoms with E-state index in [1.165, 1.54) is 16.7 Å².